The van der Waals surface area contributed by atoms with Gasteiger partial charge in [-0.25, -0.2) is 4.79 Å². The Morgan fingerprint density at radius 2 is 2.32 bits per heavy atom. The molecule has 2 aromatic heterocycles. The first kappa shape index (κ1) is 14.1. The van der Waals surface area contributed by atoms with Crippen molar-refractivity contribution in [1.82, 2.24) is 20.1 Å². The third-order valence-electron chi connectivity index (χ3n) is 3.59. The normalized spacial score (nSPS) is 13.5. The number of carbonyl (C=O) groups is 2. The Balaban J connectivity index is 1.65. The highest BCUT2D eigenvalue weighted by molar-refractivity contribution is 5.88. The third-order valence-corrected chi connectivity index (χ3v) is 3.59. The first-order valence-corrected chi connectivity index (χ1v) is 6.86. The molecular formula is C14H15N5O3. The summed E-state index contributed by atoms with van der Waals surface area (Å²) in [7, 11) is 0. The standard InChI is InChI=1S/C14H15N5O3/c20-12(7-16-9-2-1-4-15-6-9)19-5-3-11-10(8-19)13(14(21)22)18-17-11/h1-2,4,6,16H,3,5,7-8H2,(H,17,18)(H,21,22). The van der Waals surface area contributed by atoms with Crippen molar-refractivity contribution >= 4 is 17.6 Å². The number of H-pyrrole nitrogens is 1. The molecule has 1 aliphatic rings. The fourth-order valence-corrected chi connectivity index (χ4v) is 2.44. The van der Waals surface area contributed by atoms with E-state index in [0.717, 1.165) is 11.4 Å². The Kier molecular flexibility index (Phi) is 3.73. The molecule has 8 nitrogen and oxygen atoms in total. The van der Waals surface area contributed by atoms with Crippen molar-refractivity contribution in [2.45, 2.75) is 13.0 Å². The van der Waals surface area contributed by atoms with Gasteiger partial charge in [0.25, 0.3) is 0 Å². The quantitative estimate of drug-likeness (QED) is 0.758. The van der Waals surface area contributed by atoms with Gasteiger partial charge in [0.2, 0.25) is 5.91 Å². The second kappa shape index (κ2) is 5.84. The summed E-state index contributed by atoms with van der Waals surface area (Å²) in [5.74, 6) is -1.17. The second-order valence-electron chi connectivity index (χ2n) is 5.00. The zero-order chi connectivity index (χ0) is 15.5. The van der Waals surface area contributed by atoms with E-state index in [9.17, 15) is 9.59 Å². The van der Waals surface area contributed by atoms with E-state index in [1.165, 1.54) is 0 Å². The monoisotopic (exact) mass is 301 g/mol. The number of rotatable bonds is 4. The van der Waals surface area contributed by atoms with Crippen LogP contribution in [0.3, 0.4) is 0 Å². The molecule has 0 unspecified atom stereocenters. The lowest BCUT2D eigenvalue weighted by molar-refractivity contribution is -0.130. The van der Waals surface area contributed by atoms with Crippen LogP contribution in [0.15, 0.2) is 24.5 Å². The fraction of sp³-hybridized carbons (Fsp3) is 0.286. The van der Waals surface area contributed by atoms with Crippen LogP contribution in [0.2, 0.25) is 0 Å². The maximum atomic E-state index is 12.2. The topological polar surface area (TPSA) is 111 Å². The lowest BCUT2D eigenvalue weighted by atomic mass is 10.1. The Bertz CT molecular complexity index is 698. The van der Waals surface area contributed by atoms with E-state index < -0.39 is 5.97 Å². The molecule has 0 aliphatic carbocycles. The minimum Gasteiger partial charge on any atom is -0.476 e. The fourth-order valence-electron chi connectivity index (χ4n) is 2.44. The number of anilines is 1. The molecule has 1 aliphatic heterocycles. The Hall–Kier alpha value is -2.90. The van der Waals surface area contributed by atoms with Gasteiger partial charge in [0.15, 0.2) is 5.69 Å². The van der Waals surface area contributed by atoms with Gasteiger partial charge in [-0.1, -0.05) is 0 Å². The van der Waals surface area contributed by atoms with Crippen molar-refractivity contribution in [2.24, 2.45) is 0 Å². The van der Waals surface area contributed by atoms with Gasteiger partial charge in [0.1, 0.15) is 0 Å². The Labute approximate surface area is 126 Å². The number of aromatic amines is 1. The van der Waals surface area contributed by atoms with E-state index in [2.05, 4.69) is 20.5 Å². The van der Waals surface area contributed by atoms with Crippen molar-refractivity contribution < 1.29 is 14.7 Å². The molecule has 0 bridgehead atoms. The molecule has 0 saturated heterocycles. The maximum Gasteiger partial charge on any atom is 0.356 e. The van der Waals surface area contributed by atoms with Gasteiger partial charge >= 0.3 is 5.97 Å². The number of hydrogen-bond acceptors (Lipinski definition) is 5. The van der Waals surface area contributed by atoms with E-state index in [1.807, 2.05) is 6.07 Å². The van der Waals surface area contributed by atoms with Crippen molar-refractivity contribution in [2.75, 3.05) is 18.4 Å². The van der Waals surface area contributed by atoms with Crippen LogP contribution in [0.5, 0.6) is 0 Å². The smallest absolute Gasteiger partial charge is 0.356 e. The van der Waals surface area contributed by atoms with Crippen LogP contribution in [0.4, 0.5) is 5.69 Å². The Morgan fingerprint density at radius 1 is 1.45 bits per heavy atom. The minimum absolute atomic E-state index is 0.00674. The third kappa shape index (κ3) is 2.76. The molecule has 22 heavy (non-hydrogen) atoms. The van der Waals surface area contributed by atoms with Crippen LogP contribution in [0.25, 0.3) is 0 Å². The van der Waals surface area contributed by atoms with Crippen LogP contribution in [-0.4, -0.2) is 50.2 Å². The molecule has 3 N–H and O–H groups in total. The zero-order valence-electron chi connectivity index (χ0n) is 11.7. The van der Waals surface area contributed by atoms with Crippen LogP contribution < -0.4 is 5.32 Å². The number of aromatic carboxylic acids is 1. The number of hydrogen-bond donors (Lipinski definition) is 3. The molecule has 0 aromatic carbocycles. The number of fused-ring (bicyclic) bond motifs is 1. The van der Waals surface area contributed by atoms with Crippen LogP contribution >= 0.6 is 0 Å². The SMILES string of the molecule is O=C(O)c1n[nH]c2c1CN(C(=O)CNc1cccnc1)CC2. The highest BCUT2D eigenvalue weighted by Gasteiger charge is 2.27. The molecule has 0 saturated carbocycles. The lowest BCUT2D eigenvalue weighted by Gasteiger charge is -2.27. The summed E-state index contributed by atoms with van der Waals surface area (Å²) in [6, 6.07) is 3.61. The summed E-state index contributed by atoms with van der Waals surface area (Å²) >= 11 is 0. The summed E-state index contributed by atoms with van der Waals surface area (Å²) in [5, 5.41) is 18.6. The summed E-state index contributed by atoms with van der Waals surface area (Å²) in [4.78, 5) is 29.0. The van der Waals surface area contributed by atoms with Gasteiger partial charge in [0.05, 0.1) is 12.2 Å². The van der Waals surface area contributed by atoms with Gasteiger partial charge in [-0.05, 0) is 12.1 Å². The highest BCUT2D eigenvalue weighted by atomic mass is 16.4. The summed E-state index contributed by atoms with van der Waals surface area (Å²) in [6.45, 7) is 0.949. The van der Waals surface area contributed by atoms with E-state index >= 15 is 0 Å². The number of nitrogens with one attached hydrogen (secondary N) is 2. The van der Waals surface area contributed by atoms with Gasteiger partial charge < -0.3 is 15.3 Å². The van der Waals surface area contributed by atoms with Crippen molar-refractivity contribution in [3.05, 3.63) is 41.5 Å². The molecule has 2 aromatic rings. The maximum absolute atomic E-state index is 12.2. The van der Waals surface area contributed by atoms with Gasteiger partial charge in [0, 0.05) is 43.2 Å². The van der Waals surface area contributed by atoms with E-state index in [-0.39, 0.29) is 24.7 Å². The predicted molar refractivity (Wildman–Crippen MR) is 77.4 cm³/mol. The average Bonchev–Trinajstić information content (AvgIpc) is 2.96. The summed E-state index contributed by atoms with van der Waals surface area (Å²) in [5.41, 5.74) is 2.14. The molecule has 3 rings (SSSR count). The average molecular weight is 301 g/mol. The van der Waals surface area contributed by atoms with Crippen molar-refractivity contribution in [1.29, 1.82) is 0 Å². The van der Waals surface area contributed by atoms with Gasteiger partial charge in [-0.15, -0.1) is 0 Å². The predicted octanol–water partition coefficient (Wildman–Crippen LogP) is 0.500. The first-order valence-electron chi connectivity index (χ1n) is 6.86. The molecular weight excluding hydrogens is 286 g/mol. The minimum atomic E-state index is -1.08. The number of carboxylic acids is 1. The molecule has 0 atom stereocenters. The number of nitrogens with zero attached hydrogens (tertiary/aromatic N) is 3. The highest BCUT2D eigenvalue weighted by Crippen LogP contribution is 2.20. The Morgan fingerprint density at radius 3 is 3.05 bits per heavy atom. The molecule has 114 valence electrons. The zero-order valence-corrected chi connectivity index (χ0v) is 11.7. The molecule has 1 amide bonds. The molecule has 0 fully saturated rings. The molecule has 0 spiro atoms. The van der Waals surface area contributed by atoms with Crippen molar-refractivity contribution in [3.8, 4) is 0 Å². The lowest BCUT2D eigenvalue weighted by Crippen LogP contribution is -2.39. The van der Waals surface area contributed by atoms with Crippen LogP contribution in [0, 0.1) is 0 Å². The number of carbonyl (C=O) groups excluding carboxylic acids is 1. The van der Waals surface area contributed by atoms with Crippen LogP contribution in [0.1, 0.15) is 21.7 Å². The molecule has 0 radical (unpaired) electrons. The first-order chi connectivity index (χ1) is 10.6. The number of amides is 1. The largest absolute Gasteiger partial charge is 0.476 e. The van der Waals surface area contributed by atoms with Crippen molar-refractivity contribution in [3.63, 3.8) is 0 Å². The van der Waals surface area contributed by atoms with Crippen LogP contribution in [-0.2, 0) is 17.8 Å². The second-order valence-corrected chi connectivity index (χ2v) is 5.00. The van der Waals surface area contributed by atoms with Gasteiger partial charge in [-0.2, -0.15) is 5.10 Å². The van der Waals surface area contributed by atoms with E-state index in [4.69, 9.17) is 5.11 Å². The summed E-state index contributed by atoms with van der Waals surface area (Å²) in [6.07, 6.45) is 3.87. The molecule has 8 heteroatoms. The van der Waals surface area contributed by atoms with Gasteiger partial charge in [-0.3, -0.25) is 14.9 Å². The summed E-state index contributed by atoms with van der Waals surface area (Å²) < 4.78 is 0. The number of aromatic nitrogens is 3. The number of carboxylic acid groups (broad SMARTS) is 1. The number of pyridine rings is 1. The van der Waals surface area contributed by atoms with E-state index in [0.29, 0.717) is 18.5 Å². The molecule has 3 heterocycles. The van der Waals surface area contributed by atoms with E-state index in [1.54, 1.807) is 23.4 Å².